The second-order valence-electron chi connectivity index (χ2n) is 6.22. The molecule has 0 radical (unpaired) electrons. The van der Waals surface area contributed by atoms with Gasteiger partial charge in [0.05, 0.1) is 7.11 Å². The van der Waals surface area contributed by atoms with E-state index in [1.807, 2.05) is 29.2 Å². The molecule has 2 aliphatic heterocycles. The molecule has 0 aromatic heterocycles. The molecule has 3 rings (SSSR count). The number of piperidine rings is 2. The minimum absolute atomic E-state index is 0.139. The van der Waals surface area contributed by atoms with Gasteiger partial charge in [-0.2, -0.15) is 0 Å². The molecule has 2 saturated heterocycles. The number of hydrogen-bond donors (Lipinski definition) is 0. The van der Waals surface area contributed by atoms with Crippen molar-refractivity contribution in [2.45, 2.75) is 25.3 Å². The zero-order valence-electron chi connectivity index (χ0n) is 12.9. The molecule has 4 nitrogen and oxygen atoms in total. The quantitative estimate of drug-likeness (QED) is 0.837. The fourth-order valence-corrected chi connectivity index (χ4v) is 3.78. The van der Waals surface area contributed by atoms with Gasteiger partial charge in [0, 0.05) is 24.7 Å². The molecule has 0 spiro atoms. The number of methoxy groups -OCH3 is 1. The van der Waals surface area contributed by atoms with Gasteiger partial charge in [-0.1, -0.05) is 6.07 Å². The highest BCUT2D eigenvalue weighted by Crippen LogP contribution is 2.30. The van der Waals surface area contributed by atoms with Gasteiger partial charge in [-0.15, -0.1) is 0 Å². The number of likely N-dealkylation sites (tertiary alicyclic amines) is 2. The van der Waals surface area contributed by atoms with Crippen molar-refractivity contribution in [3.05, 3.63) is 29.8 Å². The molecule has 21 heavy (non-hydrogen) atoms. The Morgan fingerprint density at radius 3 is 2.95 bits per heavy atom. The molecule has 114 valence electrons. The molecular weight excluding hydrogens is 264 g/mol. The molecule has 4 heteroatoms. The Hall–Kier alpha value is -1.55. The SMILES string of the molecule is COc1cccc(C(=O)N2CCC3C(CCCN3C)C2)c1. The highest BCUT2D eigenvalue weighted by atomic mass is 16.5. The van der Waals surface area contributed by atoms with E-state index >= 15 is 0 Å². The maximum atomic E-state index is 12.7. The van der Waals surface area contributed by atoms with Gasteiger partial charge >= 0.3 is 0 Å². The number of carbonyl (C=O) groups is 1. The summed E-state index contributed by atoms with van der Waals surface area (Å²) in [6, 6.07) is 8.13. The summed E-state index contributed by atoms with van der Waals surface area (Å²) in [5, 5.41) is 0. The second kappa shape index (κ2) is 6.06. The Kier molecular flexibility index (Phi) is 4.15. The van der Waals surface area contributed by atoms with E-state index in [9.17, 15) is 4.79 Å². The molecule has 0 bridgehead atoms. The standard InChI is InChI=1S/C17H24N2O2/c1-18-9-4-6-14-12-19(10-8-16(14)18)17(20)13-5-3-7-15(11-13)21-2/h3,5,7,11,14,16H,4,6,8-10,12H2,1-2H3. The van der Waals surface area contributed by atoms with Crippen molar-refractivity contribution >= 4 is 5.91 Å². The van der Waals surface area contributed by atoms with Crippen LogP contribution in [0.25, 0.3) is 0 Å². The first-order valence-electron chi connectivity index (χ1n) is 7.82. The fourth-order valence-electron chi connectivity index (χ4n) is 3.78. The third-order valence-electron chi connectivity index (χ3n) is 4.95. The summed E-state index contributed by atoms with van der Waals surface area (Å²) in [5.41, 5.74) is 0.733. The Morgan fingerprint density at radius 2 is 2.14 bits per heavy atom. The first-order chi connectivity index (χ1) is 10.2. The van der Waals surface area contributed by atoms with E-state index in [-0.39, 0.29) is 5.91 Å². The summed E-state index contributed by atoms with van der Waals surface area (Å²) < 4.78 is 5.21. The van der Waals surface area contributed by atoms with E-state index in [0.29, 0.717) is 12.0 Å². The Bertz CT molecular complexity index is 517. The smallest absolute Gasteiger partial charge is 0.253 e. The van der Waals surface area contributed by atoms with E-state index in [1.165, 1.54) is 19.4 Å². The Labute approximate surface area is 126 Å². The lowest BCUT2D eigenvalue weighted by Crippen LogP contribution is -2.53. The van der Waals surface area contributed by atoms with Crippen molar-refractivity contribution in [3.63, 3.8) is 0 Å². The molecule has 2 atom stereocenters. The lowest BCUT2D eigenvalue weighted by atomic mass is 9.84. The molecule has 2 unspecified atom stereocenters. The molecule has 0 saturated carbocycles. The fraction of sp³-hybridized carbons (Fsp3) is 0.588. The summed E-state index contributed by atoms with van der Waals surface area (Å²) in [4.78, 5) is 17.2. The van der Waals surface area contributed by atoms with Crippen LogP contribution in [0.3, 0.4) is 0 Å². The number of rotatable bonds is 2. The molecule has 2 aliphatic rings. The lowest BCUT2D eigenvalue weighted by molar-refractivity contribution is 0.0316. The van der Waals surface area contributed by atoms with Gasteiger partial charge in [0.2, 0.25) is 0 Å². The maximum Gasteiger partial charge on any atom is 0.253 e. The predicted octanol–water partition coefficient (Wildman–Crippen LogP) is 2.25. The number of fused-ring (bicyclic) bond motifs is 1. The van der Waals surface area contributed by atoms with Gasteiger partial charge in [-0.3, -0.25) is 4.79 Å². The van der Waals surface area contributed by atoms with E-state index in [4.69, 9.17) is 4.74 Å². The molecule has 1 aromatic rings. The van der Waals surface area contributed by atoms with Crippen LogP contribution >= 0.6 is 0 Å². The molecule has 2 fully saturated rings. The van der Waals surface area contributed by atoms with Crippen molar-refractivity contribution < 1.29 is 9.53 Å². The van der Waals surface area contributed by atoms with Crippen LogP contribution in [0.15, 0.2) is 24.3 Å². The van der Waals surface area contributed by atoms with E-state index < -0.39 is 0 Å². The van der Waals surface area contributed by atoms with Crippen LogP contribution in [0, 0.1) is 5.92 Å². The molecule has 0 aliphatic carbocycles. The van der Waals surface area contributed by atoms with Crippen LogP contribution in [0.4, 0.5) is 0 Å². The van der Waals surface area contributed by atoms with E-state index in [2.05, 4.69) is 11.9 Å². The summed E-state index contributed by atoms with van der Waals surface area (Å²) in [5.74, 6) is 1.51. The highest BCUT2D eigenvalue weighted by molar-refractivity contribution is 5.94. The first kappa shape index (κ1) is 14.4. The molecule has 2 heterocycles. The van der Waals surface area contributed by atoms with Gasteiger partial charge in [-0.05, 0) is 57.0 Å². The third-order valence-corrected chi connectivity index (χ3v) is 4.95. The van der Waals surface area contributed by atoms with Gasteiger partial charge < -0.3 is 14.5 Å². The Morgan fingerprint density at radius 1 is 1.29 bits per heavy atom. The zero-order chi connectivity index (χ0) is 14.8. The minimum Gasteiger partial charge on any atom is -0.497 e. The van der Waals surface area contributed by atoms with Gasteiger partial charge in [-0.25, -0.2) is 0 Å². The molecule has 1 aromatic carbocycles. The first-order valence-corrected chi connectivity index (χ1v) is 7.82. The number of ether oxygens (including phenoxy) is 1. The molecule has 1 amide bonds. The van der Waals surface area contributed by atoms with E-state index in [0.717, 1.165) is 30.8 Å². The van der Waals surface area contributed by atoms with Crippen molar-refractivity contribution in [1.82, 2.24) is 9.80 Å². The van der Waals surface area contributed by atoms with E-state index in [1.54, 1.807) is 7.11 Å². The number of carbonyl (C=O) groups excluding carboxylic acids is 1. The lowest BCUT2D eigenvalue weighted by Gasteiger charge is -2.46. The largest absolute Gasteiger partial charge is 0.497 e. The minimum atomic E-state index is 0.139. The molecular formula is C17H24N2O2. The summed E-state index contributed by atoms with van der Waals surface area (Å²) in [6.07, 6.45) is 3.59. The van der Waals surface area contributed by atoms with Crippen molar-refractivity contribution in [1.29, 1.82) is 0 Å². The van der Waals surface area contributed by atoms with Crippen LogP contribution in [-0.4, -0.2) is 55.5 Å². The number of nitrogens with zero attached hydrogens (tertiary/aromatic N) is 2. The van der Waals surface area contributed by atoms with Crippen LogP contribution in [0.1, 0.15) is 29.6 Å². The van der Waals surface area contributed by atoms with Crippen LogP contribution in [-0.2, 0) is 0 Å². The number of benzene rings is 1. The van der Waals surface area contributed by atoms with Crippen molar-refractivity contribution in [3.8, 4) is 5.75 Å². The highest BCUT2D eigenvalue weighted by Gasteiger charge is 2.35. The molecule has 0 N–H and O–H groups in total. The second-order valence-corrected chi connectivity index (χ2v) is 6.22. The normalized spacial score (nSPS) is 26.3. The summed E-state index contributed by atoms with van der Waals surface area (Å²) in [6.45, 7) is 2.96. The van der Waals surface area contributed by atoms with Crippen LogP contribution in [0.5, 0.6) is 5.75 Å². The third kappa shape index (κ3) is 2.91. The van der Waals surface area contributed by atoms with Crippen LogP contribution < -0.4 is 4.74 Å². The van der Waals surface area contributed by atoms with Crippen LogP contribution in [0.2, 0.25) is 0 Å². The number of amides is 1. The van der Waals surface area contributed by atoms with Gasteiger partial charge in [0.1, 0.15) is 5.75 Å². The Balaban J connectivity index is 1.71. The topological polar surface area (TPSA) is 32.8 Å². The van der Waals surface area contributed by atoms with Crippen molar-refractivity contribution in [2.24, 2.45) is 5.92 Å². The van der Waals surface area contributed by atoms with Crippen molar-refractivity contribution in [2.75, 3.05) is 33.8 Å². The average molecular weight is 288 g/mol. The zero-order valence-corrected chi connectivity index (χ0v) is 12.9. The predicted molar refractivity (Wildman–Crippen MR) is 82.7 cm³/mol. The average Bonchev–Trinajstić information content (AvgIpc) is 2.54. The number of hydrogen-bond acceptors (Lipinski definition) is 3. The monoisotopic (exact) mass is 288 g/mol. The van der Waals surface area contributed by atoms with Gasteiger partial charge in [0.25, 0.3) is 5.91 Å². The maximum absolute atomic E-state index is 12.7. The van der Waals surface area contributed by atoms with Gasteiger partial charge in [0.15, 0.2) is 0 Å². The summed E-state index contributed by atoms with van der Waals surface area (Å²) >= 11 is 0. The summed E-state index contributed by atoms with van der Waals surface area (Å²) in [7, 11) is 3.85.